The molecule has 6 heteroatoms. The van der Waals surface area contributed by atoms with Crippen LogP contribution in [0.25, 0.3) is 10.4 Å². The number of pyridine rings is 1. The summed E-state index contributed by atoms with van der Waals surface area (Å²) in [5.74, 6) is 0.251. The quantitative estimate of drug-likeness (QED) is 0.572. The average Bonchev–Trinajstić information content (AvgIpc) is 3.22. The predicted octanol–water partition coefficient (Wildman–Crippen LogP) is 4.74. The number of piperazine rings is 1. The van der Waals surface area contributed by atoms with Crippen LogP contribution in [0.3, 0.4) is 0 Å². The Morgan fingerprint density at radius 3 is 2.59 bits per heavy atom. The topological polar surface area (TPSA) is 36.4 Å². The summed E-state index contributed by atoms with van der Waals surface area (Å²) in [6.07, 6.45) is 4.91. The van der Waals surface area contributed by atoms with E-state index in [1.807, 2.05) is 46.6 Å². The predicted molar refractivity (Wildman–Crippen MR) is 119 cm³/mol. The minimum absolute atomic E-state index is 0.251. The van der Waals surface area contributed by atoms with Crippen molar-refractivity contribution in [3.05, 3.63) is 76.4 Å². The molecule has 1 aliphatic rings. The van der Waals surface area contributed by atoms with Gasteiger partial charge in [-0.05, 0) is 53.9 Å². The Bertz CT molecular complexity index is 952. The molecule has 0 unspecified atom stereocenters. The lowest BCUT2D eigenvalue weighted by Gasteiger charge is -2.34. The molecular formula is C23H24ClN3OS. The van der Waals surface area contributed by atoms with E-state index in [0.717, 1.165) is 44.2 Å². The molecule has 29 heavy (non-hydrogen) atoms. The van der Waals surface area contributed by atoms with Gasteiger partial charge < -0.3 is 4.90 Å². The lowest BCUT2D eigenvalue weighted by atomic mass is 10.1. The molecule has 0 saturated carbocycles. The number of rotatable bonds is 6. The highest BCUT2D eigenvalue weighted by Gasteiger charge is 2.21. The van der Waals surface area contributed by atoms with Crippen LogP contribution in [-0.2, 0) is 17.8 Å². The van der Waals surface area contributed by atoms with Gasteiger partial charge in [-0.1, -0.05) is 23.7 Å². The van der Waals surface area contributed by atoms with Gasteiger partial charge in [-0.15, -0.1) is 11.3 Å². The molecule has 0 spiro atoms. The fraction of sp³-hybridized carbons (Fsp3) is 0.304. The van der Waals surface area contributed by atoms with Crippen LogP contribution in [0.1, 0.15) is 16.9 Å². The van der Waals surface area contributed by atoms with Gasteiger partial charge in [-0.25, -0.2) is 0 Å². The van der Waals surface area contributed by atoms with E-state index in [2.05, 4.69) is 28.1 Å². The number of benzene rings is 1. The van der Waals surface area contributed by atoms with Crippen LogP contribution in [0.2, 0.25) is 5.02 Å². The molecular weight excluding hydrogens is 402 g/mol. The maximum absolute atomic E-state index is 12.5. The number of hydrogen-bond acceptors (Lipinski definition) is 4. The van der Waals surface area contributed by atoms with Crippen molar-refractivity contribution in [2.75, 3.05) is 26.2 Å². The summed E-state index contributed by atoms with van der Waals surface area (Å²) in [6.45, 7) is 4.39. The van der Waals surface area contributed by atoms with Gasteiger partial charge in [-0.2, -0.15) is 0 Å². The molecule has 1 saturated heterocycles. The Kier molecular flexibility index (Phi) is 6.60. The Balaban J connectivity index is 1.25. The number of carbonyl (C=O) groups is 1. The second kappa shape index (κ2) is 9.53. The largest absolute Gasteiger partial charge is 0.340 e. The van der Waals surface area contributed by atoms with Crippen LogP contribution in [-0.4, -0.2) is 46.9 Å². The molecule has 3 aromatic rings. The summed E-state index contributed by atoms with van der Waals surface area (Å²) in [7, 11) is 0. The lowest BCUT2D eigenvalue weighted by Crippen LogP contribution is -2.48. The van der Waals surface area contributed by atoms with E-state index in [1.54, 1.807) is 12.4 Å². The van der Waals surface area contributed by atoms with Crippen molar-refractivity contribution in [3.63, 3.8) is 0 Å². The Morgan fingerprint density at radius 2 is 1.83 bits per heavy atom. The van der Waals surface area contributed by atoms with E-state index < -0.39 is 0 Å². The third-order valence-electron chi connectivity index (χ3n) is 5.25. The minimum Gasteiger partial charge on any atom is -0.340 e. The first-order chi connectivity index (χ1) is 14.2. The van der Waals surface area contributed by atoms with Gasteiger partial charge in [0, 0.05) is 66.3 Å². The van der Waals surface area contributed by atoms with Crippen molar-refractivity contribution in [2.24, 2.45) is 0 Å². The van der Waals surface area contributed by atoms with Gasteiger partial charge in [-0.3, -0.25) is 14.7 Å². The van der Waals surface area contributed by atoms with Gasteiger partial charge in [0.1, 0.15) is 0 Å². The maximum Gasteiger partial charge on any atom is 0.222 e. The van der Waals surface area contributed by atoms with Gasteiger partial charge in [0.15, 0.2) is 0 Å². The van der Waals surface area contributed by atoms with Crippen molar-refractivity contribution in [1.82, 2.24) is 14.8 Å². The zero-order valence-electron chi connectivity index (χ0n) is 16.3. The molecule has 4 nitrogen and oxygen atoms in total. The highest BCUT2D eigenvalue weighted by molar-refractivity contribution is 7.15. The monoisotopic (exact) mass is 425 g/mol. The molecule has 1 aromatic carbocycles. The number of carbonyl (C=O) groups excluding carboxylic acids is 1. The molecule has 1 aliphatic heterocycles. The molecule has 0 aliphatic carbocycles. The van der Waals surface area contributed by atoms with Gasteiger partial charge in [0.05, 0.1) is 0 Å². The van der Waals surface area contributed by atoms with Crippen molar-refractivity contribution in [3.8, 4) is 10.4 Å². The molecule has 0 N–H and O–H groups in total. The SMILES string of the molecule is O=C(CCc1ccncc1)N1CCN(Cc2ccc(-c3cccc(Cl)c3)s2)CC1. The molecule has 0 atom stereocenters. The molecule has 0 bridgehead atoms. The highest BCUT2D eigenvalue weighted by atomic mass is 35.5. The molecule has 3 heterocycles. The fourth-order valence-electron chi connectivity index (χ4n) is 3.59. The van der Waals surface area contributed by atoms with Crippen LogP contribution in [0.15, 0.2) is 60.9 Å². The summed E-state index contributed by atoms with van der Waals surface area (Å²) in [6, 6.07) is 16.3. The minimum atomic E-state index is 0.251. The lowest BCUT2D eigenvalue weighted by molar-refractivity contribution is -0.132. The molecule has 1 fully saturated rings. The fourth-order valence-corrected chi connectivity index (χ4v) is 4.83. The summed E-state index contributed by atoms with van der Waals surface area (Å²) < 4.78 is 0. The number of aromatic nitrogens is 1. The molecule has 0 radical (unpaired) electrons. The van der Waals surface area contributed by atoms with Crippen LogP contribution >= 0.6 is 22.9 Å². The van der Waals surface area contributed by atoms with Crippen molar-refractivity contribution in [2.45, 2.75) is 19.4 Å². The number of aryl methyl sites for hydroxylation is 1. The number of thiophene rings is 1. The van der Waals surface area contributed by atoms with Crippen LogP contribution in [0, 0.1) is 0 Å². The highest BCUT2D eigenvalue weighted by Crippen LogP contribution is 2.30. The second-order valence-electron chi connectivity index (χ2n) is 7.29. The number of hydrogen-bond donors (Lipinski definition) is 0. The summed E-state index contributed by atoms with van der Waals surface area (Å²) >= 11 is 7.93. The second-order valence-corrected chi connectivity index (χ2v) is 8.89. The first kappa shape index (κ1) is 20.1. The third kappa shape index (κ3) is 5.44. The van der Waals surface area contributed by atoms with E-state index in [-0.39, 0.29) is 5.91 Å². The normalized spacial score (nSPS) is 14.9. The van der Waals surface area contributed by atoms with E-state index in [1.165, 1.54) is 20.9 Å². The molecule has 2 aromatic heterocycles. The van der Waals surface area contributed by atoms with Crippen LogP contribution in [0.4, 0.5) is 0 Å². The zero-order valence-corrected chi connectivity index (χ0v) is 17.8. The summed E-state index contributed by atoms with van der Waals surface area (Å²) in [5.41, 5.74) is 2.33. The van der Waals surface area contributed by atoms with E-state index in [9.17, 15) is 4.79 Å². The number of amides is 1. The van der Waals surface area contributed by atoms with Crippen molar-refractivity contribution >= 4 is 28.8 Å². The average molecular weight is 426 g/mol. The van der Waals surface area contributed by atoms with Gasteiger partial charge in [0.25, 0.3) is 0 Å². The summed E-state index contributed by atoms with van der Waals surface area (Å²) in [5, 5.41) is 0.766. The zero-order chi connectivity index (χ0) is 20.1. The van der Waals surface area contributed by atoms with Crippen molar-refractivity contribution in [1.29, 1.82) is 0 Å². The summed E-state index contributed by atoms with van der Waals surface area (Å²) in [4.78, 5) is 23.6. The number of halogens is 1. The first-order valence-corrected chi connectivity index (χ1v) is 11.1. The molecule has 150 valence electrons. The third-order valence-corrected chi connectivity index (χ3v) is 6.61. The van der Waals surface area contributed by atoms with E-state index in [0.29, 0.717) is 6.42 Å². The standard InChI is InChI=1S/C23H24ClN3OS/c24-20-3-1-2-19(16-20)22-6-5-21(29-22)17-26-12-14-27(15-13-26)23(28)7-4-18-8-10-25-11-9-18/h1-3,5-6,8-11,16H,4,7,12-15,17H2. The Hall–Kier alpha value is -2.21. The van der Waals surface area contributed by atoms with Gasteiger partial charge in [0.2, 0.25) is 5.91 Å². The Labute approximate surface area is 180 Å². The first-order valence-electron chi connectivity index (χ1n) is 9.91. The Morgan fingerprint density at radius 1 is 1.03 bits per heavy atom. The van der Waals surface area contributed by atoms with Crippen LogP contribution in [0.5, 0.6) is 0 Å². The van der Waals surface area contributed by atoms with E-state index >= 15 is 0 Å². The van der Waals surface area contributed by atoms with Crippen LogP contribution < -0.4 is 0 Å². The maximum atomic E-state index is 12.5. The smallest absolute Gasteiger partial charge is 0.222 e. The number of nitrogens with zero attached hydrogens (tertiary/aromatic N) is 3. The van der Waals surface area contributed by atoms with E-state index in [4.69, 9.17) is 11.6 Å². The van der Waals surface area contributed by atoms with Crippen molar-refractivity contribution < 1.29 is 4.79 Å². The molecule has 4 rings (SSSR count). The van der Waals surface area contributed by atoms with Gasteiger partial charge >= 0.3 is 0 Å². The molecule has 1 amide bonds.